The molecule has 2 aromatic carbocycles. The van der Waals surface area contributed by atoms with Gasteiger partial charge in [-0.3, -0.25) is 4.31 Å². The molecule has 0 atom stereocenters. The van der Waals surface area contributed by atoms with Crippen LogP contribution in [0.5, 0.6) is 0 Å². The van der Waals surface area contributed by atoms with E-state index in [-0.39, 0.29) is 12.1 Å². The Morgan fingerprint density at radius 3 is 2.32 bits per heavy atom. The molecular formula is C15H14ClNO4S. The predicted octanol–water partition coefficient (Wildman–Crippen LogP) is 3.00. The van der Waals surface area contributed by atoms with E-state index >= 15 is 0 Å². The van der Waals surface area contributed by atoms with Gasteiger partial charge >= 0.3 is 5.97 Å². The van der Waals surface area contributed by atoms with Gasteiger partial charge in [0.1, 0.15) is 0 Å². The molecule has 2 aromatic rings. The van der Waals surface area contributed by atoms with Gasteiger partial charge in [0.15, 0.2) is 0 Å². The van der Waals surface area contributed by atoms with Gasteiger partial charge in [-0.1, -0.05) is 29.8 Å². The Hall–Kier alpha value is -2.05. The molecule has 1 N–H and O–H groups in total. The van der Waals surface area contributed by atoms with Crippen LogP contribution in [0.1, 0.15) is 15.9 Å². The van der Waals surface area contributed by atoms with Crippen LogP contribution in [0.15, 0.2) is 48.5 Å². The van der Waals surface area contributed by atoms with Crippen LogP contribution in [0.2, 0.25) is 5.02 Å². The third kappa shape index (κ3) is 3.99. The summed E-state index contributed by atoms with van der Waals surface area (Å²) >= 11 is 5.91. The van der Waals surface area contributed by atoms with Gasteiger partial charge in [-0.15, -0.1) is 0 Å². The van der Waals surface area contributed by atoms with Crippen LogP contribution >= 0.6 is 11.6 Å². The summed E-state index contributed by atoms with van der Waals surface area (Å²) in [6.45, 7) is 0.0963. The molecule has 0 radical (unpaired) electrons. The second kappa shape index (κ2) is 6.37. The van der Waals surface area contributed by atoms with Crippen molar-refractivity contribution in [2.24, 2.45) is 0 Å². The van der Waals surface area contributed by atoms with Crippen molar-refractivity contribution in [3.05, 3.63) is 64.7 Å². The lowest BCUT2D eigenvalue weighted by Gasteiger charge is -2.22. The Bertz CT molecular complexity index is 787. The molecule has 0 saturated carbocycles. The highest BCUT2D eigenvalue weighted by molar-refractivity contribution is 7.92. The monoisotopic (exact) mass is 339 g/mol. The Kier molecular flexibility index (Phi) is 4.73. The standard InChI is InChI=1S/C15H14ClNO4S/c1-22(20,21)17(14-4-2-3-13(16)9-14)10-11-5-7-12(8-6-11)15(18)19/h2-9H,10H2,1H3,(H,18,19). The van der Waals surface area contributed by atoms with E-state index in [1.807, 2.05) is 0 Å². The molecule has 0 fully saturated rings. The number of benzene rings is 2. The second-order valence-corrected chi connectivity index (χ2v) is 7.09. The molecule has 0 unspecified atom stereocenters. The van der Waals surface area contributed by atoms with Gasteiger partial charge in [0.05, 0.1) is 24.1 Å². The normalized spacial score (nSPS) is 11.2. The topological polar surface area (TPSA) is 74.7 Å². The third-order valence-electron chi connectivity index (χ3n) is 3.02. The number of rotatable bonds is 5. The number of sulfonamides is 1. The number of carboxylic acids is 1. The maximum absolute atomic E-state index is 12.0. The molecular weight excluding hydrogens is 326 g/mol. The Balaban J connectivity index is 2.34. The number of hydrogen-bond donors (Lipinski definition) is 1. The van der Waals surface area contributed by atoms with E-state index < -0.39 is 16.0 Å². The summed E-state index contributed by atoms with van der Waals surface area (Å²) in [5.41, 5.74) is 1.28. The third-order valence-corrected chi connectivity index (χ3v) is 4.40. The van der Waals surface area contributed by atoms with Crippen molar-refractivity contribution in [3.8, 4) is 0 Å². The zero-order chi connectivity index (χ0) is 16.3. The minimum Gasteiger partial charge on any atom is -0.478 e. The van der Waals surface area contributed by atoms with Crippen LogP contribution in [0.25, 0.3) is 0 Å². The summed E-state index contributed by atoms with van der Waals surface area (Å²) in [6, 6.07) is 12.6. The SMILES string of the molecule is CS(=O)(=O)N(Cc1ccc(C(=O)O)cc1)c1cccc(Cl)c1. The molecule has 2 rings (SSSR count). The average Bonchev–Trinajstić information content (AvgIpc) is 2.44. The molecule has 0 aliphatic carbocycles. The first-order valence-electron chi connectivity index (χ1n) is 6.33. The van der Waals surface area contributed by atoms with Gasteiger partial charge in [0, 0.05) is 5.02 Å². The molecule has 116 valence electrons. The highest BCUT2D eigenvalue weighted by atomic mass is 35.5. The van der Waals surface area contributed by atoms with Crippen LogP contribution in [0.4, 0.5) is 5.69 Å². The molecule has 5 nitrogen and oxygen atoms in total. The van der Waals surface area contributed by atoms with Gasteiger partial charge in [0.2, 0.25) is 10.0 Å². The molecule has 0 aliphatic heterocycles. The van der Waals surface area contributed by atoms with Gasteiger partial charge < -0.3 is 5.11 Å². The summed E-state index contributed by atoms with van der Waals surface area (Å²) in [5, 5.41) is 9.31. The van der Waals surface area contributed by atoms with Crippen molar-refractivity contribution in [3.63, 3.8) is 0 Å². The number of nitrogens with zero attached hydrogens (tertiary/aromatic N) is 1. The minimum absolute atomic E-state index is 0.0963. The van der Waals surface area contributed by atoms with Crippen LogP contribution < -0.4 is 4.31 Å². The highest BCUT2D eigenvalue weighted by Gasteiger charge is 2.18. The van der Waals surface area contributed by atoms with Gasteiger partial charge in [0.25, 0.3) is 0 Å². The predicted molar refractivity (Wildman–Crippen MR) is 85.9 cm³/mol. The van der Waals surface area contributed by atoms with Crippen LogP contribution in [-0.2, 0) is 16.6 Å². The van der Waals surface area contributed by atoms with E-state index in [2.05, 4.69) is 0 Å². The molecule has 0 spiro atoms. The van der Waals surface area contributed by atoms with E-state index in [1.165, 1.54) is 16.4 Å². The molecule has 0 bridgehead atoms. The van der Waals surface area contributed by atoms with Gasteiger partial charge in [-0.05, 0) is 35.9 Å². The molecule has 22 heavy (non-hydrogen) atoms. The smallest absolute Gasteiger partial charge is 0.335 e. The van der Waals surface area contributed by atoms with Gasteiger partial charge in [-0.2, -0.15) is 0 Å². The van der Waals surface area contributed by atoms with E-state index in [1.54, 1.807) is 36.4 Å². The Morgan fingerprint density at radius 1 is 1.18 bits per heavy atom. The van der Waals surface area contributed by atoms with Gasteiger partial charge in [-0.25, -0.2) is 13.2 Å². The molecule has 7 heteroatoms. The molecule has 0 aliphatic rings. The fourth-order valence-corrected chi connectivity index (χ4v) is 3.01. The zero-order valence-electron chi connectivity index (χ0n) is 11.7. The second-order valence-electron chi connectivity index (χ2n) is 4.75. The number of hydrogen-bond acceptors (Lipinski definition) is 3. The number of halogens is 1. The van der Waals surface area contributed by atoms with Crippen molar-refractivity contribution in [1.82, 2.24) is 0 Å². The lowest BCUT2D eigenvalue weighted by atomic mass is 10.1. The lowest BCUT2D eigenvalue weighted by Crippen LogP contribution is -2.29. The van der Waals surface area contributed by atoms with E-state index in [0.717, 1.165) is 6.26 Å². The first-order valence-corrected chi connectivity index (χ1v) is 8.55. The maximum atomic E-state index is 12.0. The van der Waals surface area contributed by atoms with Crippen LogP contribution in [0.3, 0.4) is 0 Å². The molecule has 0 saturated heterocycles. The van der Waals surface area contributed by atoms with Crippen LogP contribution in [-0.4, -0.2) is 25.7 Å². The van der Waals surface area contributed by atoms with Crippen LogP contribution in [0, 0.1) is 0 Å². The number of carbonyl (C=O) groups is 1. The summed E-state index contributed by atoms with van der Waals surface area (Å²) in [5.74, 6) is -1.03. The zero-order valence-corrected chi connectivity index (χ0v) is 13.3. The van der Waals surface area contributed by atoms with Crippen molar-refractivity contribution < 1.29 is 18.3 Å². The first kappa shape index (κ1) is 16.3. The lowest BCUT2D eigenvalue weighted by molar-refractivity contribution is 0.0697. The van der Waals surface area contributed by atoms with E-state index in [0.29, 0.717) is 16.3 Å². The maximum Gasteiger partial charge on any atom is 0.335 e. The summed E-state index contributed by atoms with van der Waals surface area (Å²) in [7, 11) is -3.50. The molecule has 0 aromatic heterocycles. The van der Waals surface area contributed by atoms with E-state index in [4.69, 9.17) is 16.7 Å². The molecule has 0 heterocycles. The first-order chi connectivity index (χ1) is 10.3. The highest BCUT2D eigenvalue weighted by Crippen LogP contribution is 2.24. The fourth-order valence-electron chi connectivity index (χ4n) is 1.95. The Morgan fingerprint density at radius 2 is 1.82 bits per heavy atom. The fraction of sp³-hybridized carbons (Fsp3) is 0.133. The minimum atomic E-state index is -3.50. The van der Waals surface area contributed by atoms with Crippen molar-refractivity contribution in [2.75, 3.05) is 10.6 Å². The van der Waals surface area contributed by atoms with Crippen molar-refractivity contribution in [2.45, 2.75) is 6.54 Å². The largest absolute Gasteiger partial charge is 0.478 e. The summed E-state index contributed by atoms with van der Waals surface area (Å²) < 4.78 is 25.2. The molecule has 0 amide bonds. The summed E-state index contributed by atoms with van der Waals surface area (Å²) in [4.78, 5) is 10.8. The quantitative estimate of drug-likeness (QED) is 0.908. The summed E-state index contributed by atoms with van der Waals surface area (Å²) in [6.07, 6.45) is 1.11. The number of anilines is 1. The van der Waals surface area contributed by atoms with E-state index in [9.17, 15) is 13.2 Å². The Labute approximate surface area is 133 Å². The van der Waals surface area contributed by atoms with Crippen molar-refractivity contribution in [1.29, 1.82) is 0 Å². The average molecular weight is 340 g/mol. The number of carboxylic acid groups (broad SMARTS) is 1. The van der Waals surface area contributed by atoms with Crippen molar-refractivity contribution >= 4 is 33.3 Å². The number of aromatic carboxylic acids is 1.